The summed E-state index contributed by atoms with van der Waals surface area (Å²) >= 11 is 0. The Kier molecular flexibility index (Phi) is 5.53. The Hall–Kier alpha value is -2.45. The lowest BCUT2D eigenvalue weighted by Crippen LogP contribution is -2.28. The number of rotatable bonds is 7. The molecule has 0 atom stereocenters. The molecule has 0 heterocycles. The van der Waals surface area contributed by atoms with Gasteiger partial charge in [0.25, 0.3) is 5.69 Å². The maximum Gasteiger partial charge on any atom is 0.269 e. The standard InChI is InChI=1S/C16H18N2O5S/c1-12-4-3-5-16(13(12)2)23-11-10-17-24(21,22)15-8-6-14(7-9-15)18(19)20/h3-9,17H,10-11H2,1-2H3. The third-order valence-electron chi connectivity index (χ3n) is 3.56. The van der Waals surface area contributed by atoms with Crippen LogP contribution in [0.25, 0.3) is 0 Å². The molecular weight excluding hydrogens is 332 g/mol. The molecule has 2 rings (SSSR count). The molecule has 0 aliphatic heterocycles. The van der Waals surface area contributed by atoms with Crippen LogP contribution < -0.4 is 9.46 Å². The molecule has 0 aliphatic carbocycles. The highest BCUT2D eigenvalue weighted by atomic mass is 32.2. The highest BCUT2D eigenvalue weighted by molar-refractivity contribution is 7.89. The van der Waals surface area contributed by atoms with Crippen molar-refractivity contribution in [2.24, 2.45) is 0 Å². The predicted octanol–water partition coefficient (Wildman–Crippen LogP) is 2.57. The summed E-state index contributed by atoms with van der Waals surface area (Å²) in [5.74, 6) is 0.713. The Morgan fingerprint density at radius 3 is 2.42 bits per heavy atom. The second-order valence-corrected chi connectivity index (χ2v) is 6.96. The maximum atomic E-state index is 12.1. The molecule has 128 valence electrons. The Bertz CT molecular complexity index is 832. The van der Waals surface area contributed by atoms with Gasteiger partial charge in [-0.2, -0.15) is 0 Å². The van der Waals surface area contributed by atoms with Crippen molar-refractivity contribution < 1.29 is 18.1 Å². The highest BCUT2D eigenvalue weighted by Gasteiger charge is 2.15. The van der Waals surface area contributed by atoms with Crippen molar-refractivity contribution in [3.63, 3.8) is 0 Å². The molecular formula is C16H18N2O5S. The molecule has 1 N–H and O–H groups in total. The number of nitrogens with one attached hydrogen (secondary N) is 1. The minimum atomic E-state index is -3.73. The van der Waals surface area contributed by atoms with Gasteiger partial charge >= 0.3 is 0 Å². The number of nitrogens with zero attached hydrogens (tertiary/aromatic N) is 1. The fourth-order valence-corrected chi connectivity index (χ4v) is 3.06. The van der Waals surface area contributed by atoms with Crippen molar-refractivity contribution in [2.75, 3.05) is 13.2 Å². The van der Waals surface area contributed by atoms with Crippen LogP contribution in [-0.2, 0) is 10.0 Å². The first kappa shape index (κ1) is 17.9. The Labute approximate surface area is 140 Å². The molecule has 0 saturated heterocycles. The molecule has 0 fully saturated rings. The molecule has 0 unspecified atom stereocenters. The number of hydrogen-bond donors (Lipinski definition) is 1. The highest BCUT2D eigenvalue weighted by Crippen LogP contribution is 2.20. The smallest absolute Gasteiger partial charge is 0.269 e. The van der Waals surface area contributed by atoms with Crippen LogP contribution in [0.3, 0.4) is 0 Å². The summed E-state index contributed by atoms with van der Waals surface area (Å²) in [5.41, 5.74) is 1.95. The van der Waals surface area contributed by atoms with Gasteiger partial charge in [-0.3, -0.25) is 10.1 Å². The maximum absolute atomic E-state index is 12.1. The first-order valence-electron chi connectivity index (χ1n) is 7.24. The van der Waals surface area contributed by atoms with E-state index in [0.29, 0.717) is 5.75 Å². The number of hydrogen-bond acceptors (Lipinski definition) is 5. The quantitative estimate of drug-likeness (QED) is 0.470. The van der Waals surface area contributed by atoms with E-state index < -0.39 is 14.9 Å². The van der Waals surface area contributed by atoms with E-state index in [1.165, 1.54) is 12.1 Å². The van der Waals surface area contributed by atoms with Gasteiger partial charge in [-0.25, -0.2) is 13.1 Å². The normalized spacial score (nSPS) is 11.2. The van der Waals surface area contributed by atoms with Crippen LogP contribution in [-0.4, -0.2) is 26.5 Å². The number of nitro groups is 1. The third-order valence-corrected chi connectivity index (χ3v) is 5.04. The van der Waals surface area contributed by atoms with E-state index in [4.69, 9.17) is 4.74 Å². The summed E-state index contributed by atoms with van der Waals surface area (Å²) < 4.78 is 32.2. The van der Waals surface area contributed by atoms with Gasteiger partial charge in [0.2, 0.25) is 10.0 Å². The van der Waals surface area contributed by atoms with E-state index in [0.717, 1.165) is 23.3 Å². The van der Waals surface area contributed by atoms with Crippen molar-refractivity contribution in [1.29, 1.82) is 0 Å². The minimum Gasteiger partial charge on any atom is -0.492 e. The topological polar surface area (TPSA) is 98.5 Å². The molecule has 0 amide bonds. The van der Waals surface area contributed by atoms with Crippen LogP contribution in [0.5, 0.6) is 5.75 Å². The zero-order valence-corrected chi connectivity index (χ0v) is 14.2. The summed E-state index contributed by atoms with van der Waals surface area (Å²) in [7, 11) is -3.73. The second-order valence-electron chi connectivity index (χ2n) is 5.20. The summed E-state index contributed by atoms with van der Waals surface area (Å²) in [6, 6.07) is 10.4. The summed E-state index contributed by atoms with van der Waals surface area (Å²) in [5, 5.41) is 10.6. The van der Waals surface area contributed by atoms with E-state index in [1.807, 2.05) is 32.0 Å². The second kappa shape index (κ2) is 7.41. The lowest BCUT2D eigenvalue weighted by molar-refractivity contribution is -0.384. The molecule has 0 saturated carbocycles. The van der Waals surface area contributed by atoms with Crippen LogP contribution >= 0.6 is 0 Å². The molecule has 8 heteroatoms. The summed E-state index contributed by atoms with van der Waals surface area (Å²) in [6.07, 6.45) is 0. The van der Waals surface area contributed by atoms with E-state index in [-0.39, 0.29) is 23.7 Å². The molecule has 0 radical (unpaired) electrons. The van der Waals surface area contributed by atoms with Gasteiger partial charge in [0, 0.05) is 18.7 Å². The van der Waals surface area contributed by atoms with Crippen molar-refractivity contribution in [3.05, 3.63) is 63.7 Å². The zero-order valence-electron chi connectivity index (χ0n) is 13.4. The Morgan fingerprint density at radius 1 is 1.12 bits per heavy atom. The first-order valence-corrected chi connectivity index (χ1v) is 8.73. The van der Waals surface area contributed by atoms with Crippen molar-refractivity contribution in [3.8, 4) is 5.75 Å². The van der Waals surface area contributed by atoms with Gasteiger partial charge in [0.15, 0.2) is 0 Å². The number of non-ortho nitro benzene ring substituents is 1. The molecule has 0 spiro atoms. The van der Waals surface area contributed by atoms with E-state index in [1.54, 1.807) is 0 Å². The fourth-order valence-electron chi connectivity index (χ4n) is 2.05. The van der Waals surface area contributed by atoms with Crippen LogP contribution in [0, 0.1) is 24.0 Å². The van der Waals surface area contributed by atoms with Crippen LogP contribution in [0.2, 0.25) is 0 Å². The molecule has 2 aromatic carbocycles. The largest absolute Gasteiger partial charge is 0.492 e. The van der Waals surface area contributed by atoms with Crippen LogP contribution in [0.1, 0.15) is 11.1 Å². The molecule has 0 aromatic heterocycles. The Morgan fingerprint density at radius 2 is 1.79 bits per heavy atom. The number of ether oxygens (including phenoxy) is 1. The summed E-state index contributed by atoms with van der Waals surface area (Å²) in [4.78, 5) is 9.97. The Balaban J connectivity index is 1.93. The molecule has 24 heavy (non-hydrogen) atoms. The summed E-state index contributed by atoms with van der Waals surface area (Å²) in [6.45, 7) is 4.18. The number of benzene rings is 2. The van der Waals surface area contributed by atoms with Crippen molar-refractivity contribution in [1.82, 2.24) is 4.72 Å². The van der Waals surface area contributed by atoms with Gasteiger partial charge in [-0.15, -0.1) is 0 Å². The first-order chi connectivity index (χ1) is 11.3. The van der Waals surface area contributed by atoms with Crippen molar-refractivity contribution >= 4 is 15.7 Å². The SMILES string of the molecule is Cc1cccc(OCCNS(=O)(=O)c2ccc([N+](=O)[O-])cc2)c1C. The molecule has 7 nitrogen and oxygen atoms in total. The number of sulfonamides is 1. The van der Waals surface area contributed by atoms with Gasteiger partial charge in [0.1, 0.15) is 12.4 Å². The van der Waals surface area contributed by atoms with Gasteiger partial charge in [-0.1, -0.05) is 12.1 Å². The number of aryl methyl sites for hydroxylation is 1. The molecule has 0 bridgehead atoms. The predicted molar refractivity (Wildman–Crippen MR) is 89.7 cm³/mol. The third kappa shape index (κ3) is 4.30. The average Bonchev–Trinajstić information content (AvgIpc) is 2.55. The minimum absolute atomic E-state index is 0.0279. The molecule has 2 aromatic rings. The average molecular weight is 350 g/mol. The van der Waals surface area contributed by atoms with Gasteiger partial charge in [0.05, 0.1) is 9.82 Å². The van der Waals surface area contributed by atoms with Crippen LogP contribution in [0.4, 0.5) is 5.69 Å². The number of nitro benzene ring substituents is 1. The van der Waals surface area contributed by atoms with Crippen molar-refractivity contribution in [2.45, 2.75) is 18.7 Å². The van der Waals surface area contributed by atoms with Crippen LogP contribution in [0.15, 0.2) is 47.4 Å². The lowest BCUT2D eigenvalue weighted by Gasteiger charge is -2.11. The lowest BCUT2D eigenvalue weighted by atomic mass is 10.1. The van der Waals surface area contributed by atoms with Gasteiger partial charge in [-0.05, 0) is 43.2 Å². The van der Waals surface area contributed by atoms with Gasteiger partial charge < -0.3 is 4.74 Å². The van der Waals surface area contributed by atoms with E-state index >= 15 is 0 Å². The fraction of sp³-hybridized carbons (Fsp3) is 0.250. The van der Waals surface area contributed by atoms with E-state index in [9.17, 15) is 18.5 Å². The monoisotopic (exact) mass is 350 g/mol. The van der Waals surface area contributed by atoms with E-state index in [2.05, 4.69) is 4.72 Å². The zero-order chi connectivity index (χ0) is 17.7. The molecule has 0 aliphatic rings.